The van der Waals surface area contributed by atoms with Crippen molar-refractivity contribution in [3.63, 3.8) is 0 Å². The van der Waals surface area contributed by atoms with Crippen molar-refractivity contribution in [2.24, 2.45) is 0 Å². The molecule has 0 spiro atoms. The molecule has 3 N–H and O–H groups in total. The molecule has 3 heterocycles. The second-order valence-corrected chi connectivity index (χ2v) is 8.00. The maximum atomic E-state index is 12.9. The summed E-state index contributed by atoms with van der Waals surface area (Å²) in [4.78, 5) is 23.5. The van der Waals surface area contributed by atoms with Gasteiger partial charge >= 0.3 is 12.6 Å². The molecule has 0 radical (unpaired) electrons. The number of hydrogen-bond donors (Lipinski definition) is 3. The lowest BCUT2D eigenvalue weighted by atomic mass is 10.1. The van der Waals surface area contributed by atoms with Gasteiger partial charge in [-0.2, -0.15) is 8.78 Å². The molecule has 9 nitrogen and oxygen atoms in total. The number of amides is 2. The van der Waals surface area contributed by atoms with E-state index in [-0.39, 0.29) is 24.4 Å². The van der Waals surface area contributed by atoms with Crippen molar-refractivity contribution in [1.29, 1.82) is 0 Å². The molecule has 1 aromatic heterocycles. The minimum absolute atomic E-state index is 0.00857. The van der Waals surface area contributed by atoms with Gasteiger partial charge < -0.3 is 30.1 Å². The molecule has 2 aliphatic rings. The molecular formula is C22H27F2N5O4. The quantitative estimate of drug-likeness (QED) is 0.579. The zero-order chi connectivity index (χ0) is 23.2. The second kappa shape index (κ2) is 10.7. The Morgan fingerprint density at radius 2 is 2.03 bits per heavy atom. The van der Waals surface area contributed by atoms with Crippen molar-refractivity contribution >= 4 is 12.0 Å². The number of halogens is 2. The first-order valence-corrected chi connectivity index (χ1v) is 10.9. The SMILES string of the molecule is O=C(N[C@H](CO)c1ccc(OC(F)F)cc1)N1CCc2cnc(NC3CCOCC3)nc2C1. The fourth-order valence-corrected chi connectivity index (χ4v) is 3.93. The van der Waals surface area contributed by atoms with Gasteiger partial charge in [-0.3, -0.25) is 0 Å². The van der Waals surface area contributed by atoms with E-state index in [1.54, 1.807) is 11.1 Å². The van der Waals surface area contributed by atoms with Crippen molar-refractivity contribution in [2.75, 3.05) is 31.7 Å². The number of nitrogens with one attached hydrogen (secondary N) is 2. The van der Waals surface area contributed by atoms with Crippen molar-refractivity contribution in [3.05, 3.63) is 47.3 Å². The first kappa shape index (κ1) is 23.1. The molecule has 2 amide bonds. The van der Waals surface area contributed by atoms with Crippen LogP contribution in [0.25, 0.3) is 0 Å². The van der Waals surface area contributed by atoms with E-state index < -0.39 is 12.7 Å². The standard InChI is InChI=1S/C22H27F2N5O4/c23-20(24)33-17-3-1-14(2-4-17)19(13-30)28-22(31)29-8-5-15-11-25-21(27-18(15)12-29)26-16-6-9-32-10-7-16/h1-4,11,16,19-20,30H,5-10,12-13H2,(H,28,31)(H,25,26,27)/t19-/m1/s1. The minimum atomic E-state index is -2.91. The molecule has 1 saturated heterocycles. The number of aliphatic hydroxyl groups is 1. The summed E-state index contributed by atoms with van der Waals surface area (Å²) >= 11 is 0. The van der Waals surface area contributed by atoms with Gasteiger partial charge in [-0.15, -0.1) is 0 Å². The molecule has 2 aromatic rings. The summed E-state index contributed by atoms with van der Waals surface area (Å²) in [7, 11) is 0. The Morgan fingerprint density at radius 3 is 2.73 bits per heavy atom. The number of benzene rings is 1. The van der Waals surface area contributed by atoms with Crippen LogP contribution >= 0.6 is 0 Å². The number of aliphatic hydroxyl groups excluding tert-OH is 1. The smallest absolute Gasteiger partial charge is 0.387 e. The number of anilines is 1. The van der Waals surface area contributed by atoms with Crippen molar-refractivity contribution in [2.45, 2.75) is 44.5 Å². The minimum Gasteiger partial charge on any atom is -0.435 e. The average molecular weight is 463 g/mol. The number of urea groups is 1. The van der Waals surface area contributed by atoms with E-state index in [1.165, 1.54) is 24.3 Å². The Morgan fingerprint density at radius 1 is 1.27 bits per heavy atom. The Balaban J connectivity index is 1.37. The van der Waals surface area contributed by atoms with E-state index in [9.17, 15) is 18.7 Å². The van der Waals surface area contributed by atoms with E-state index in [4.69, 9.17) is 4.74 Å². The van der Waals surface area contributed by atoms with Gasteiger partial charge in [0.15, 0.2) is 0 Å². The second-order valence-electron chi connectivity index (χ2n) is 8.00. The van der Waals surface area contributed by atoms with Crippen LogP contribution in [-0.4, -0.2) is 65.0 Å². The van der Waals surface area contributed by atoms with E-state index in [0.29, 0.717) is 44.2 Å². The average Bonchev–Trinajstić information content (AvgIpc) is 2.83. The highest BCUT2D eigenvalue weighted by Crippen LogP contribution is 2.22. The lowest BCUT2D eigenvalue weighted by Crippen LogP contribution is -2.45. The topological polar surface area (TPSA) is 109 Å². The van der Waals surface area contributed by atoms with Gasteiger partial charge in [-0.25, -0.2) is 14.8 Å². The number of aromatic nitrogens is 2. The molecule has 0 aliphatic carbocycles. The van der Waals surface area contributed by atoms with Crippen LogP contribution in [0, 0.1) is 0 Å². The zero-order valence-electron chi connectivity index (χ0n) is 18.0. The van der Waals surface area contributed by atoms with Gasteiger partial charge in [-0.05, 0) is 42.5 Å². The first-order chi connectivity index (χ1) is 16.0. The predicted molar refractivity (Wildman–Crippen MR) is 115 cm³/mol. The summed E-state index contributed by atoms with van der Waals surface area (Å²) < 4.78 is 34.4. The van der Waals surface area contributed by atoms with Crippen LogP contribution in [0.15, 0.2) is 30.5 Å². The highest BCUT2D eigenvalue weighted by atomic mass is 19.3. The van der Waals surface area contributed by atoms with Gasteiger partial charge in [0.25, 0.3) is 0 Å². The number of carbonyl (C=O) groups excluding carboxylic acids is 1. The van der Waals surface area contributed by atoms with Gasteiger partial charge in [0.1, 0.15) is 5.75 Å². The number of fused-ring (bicyclic) bond motifs is 1. The third kappa shape index (κ3) is 6.05. The normalized spacial score (nSPS) is 17.4. The zero-order valence-corrected chi connectivity index (χ0v) is 18.0. The van der Waals surface area contributed by atoms with Gasteiger partial charge in [0, 0.05) is 32.0 Å². The summed E-state index contributed by atoms with van der Waals surface area (Å²) in [6.07, 6.45) is 4.22. The van der Waals surface area contributed by atoms with Gasteiger partial charge in [-0.1, -0.05) is 12.1 Å². The number of rotatable bonds is 7. The third-order valence-corrected chi connectivity index (χ3v) is 5.78. The van der Waals surface area contributed by atoms with Crippen LogP contribution < -0.4 is 15.4 Å². The first-order valence-electron chi connectivity index (χ1n) is 10.9. The lowest BCUT2D eigenvalue weighted by molar-refractivity contribution is -0.0498. The Bertz CT molecular complexity index is 941. The summed E-state index contributed by atoms with van der Waals surface area (Å²) in [5.41, 5.74) is 2.37. The highest BCUT2D eigenvalue weighted by molar-refractivity contribution is 5.75. The van der Waals surface area contributed by atoms with Crippen molar-refractivity contribution < 1.29 is 28.2 Å². The summed E-state index contributed by atoms with van der Waals surface area (Å²) in [6.45, 7) is -1.01. The number of carbonyl (C=O) groups is 1. The summed E-state index contributed by atoms with van der Waals surface area (Å²) in [6, 6.07) is 5.05. The van der Waals surface area contributed by atoms with E-state index in [0.717, 1.165) is 24.1 Å². The van der Waals surface area contributed by atoms with Crippen LogP contribution in [0.2, 0.25) is 0 Å². The molecule has 1 aromatic carbocycles. The Hall–Kier alpha value is -3.05. The largest absolute Gasteiger partial charge is 0.435 e. The Labute approximate surface area is 190 Å². The maximum Gasteiger partial charge on any atom is 0.387 e. The molecule has 33 heavy (non-hydrogen) atoms. The van der Waals surface area contributed by atoms with Gasteiger partial charge in [0.2, 0.25) is 5.95 Å². The summed E-state index contributed by atoms with van der Waals surface area (Å²) in [5.74, 6) is 0.552. The molecule has 178 valence electrons. The van der Waals surface area contributed by atoms with E-state index in [2.05, 4.69) is 25.3 Å². The fraction of sp³-hybridized carbons (Fsp3) is 0.500. The van der Waals surface area contributed by atoms with E-state index >= 15 is 0 Å². The molecule has 1 fully saturated rings. The molecule has 0 bridgehead atoms. The number of alkyl halides is 2. The molecule has 2 aliphatic heterocycles. The van der Waals surface area contributed by atoms with Crippen molar-refractivity contribution in [1.82, 2.24) is 20.2 Å². The lowest BCUT2D eigenvalue weighted by Gasteiger charge is -2.30. The molecule has 4 rings (SSSR count). The maximum absolute atomic E-state index is 12.9. The predicted octanol–water partition coefficient (Wildman–Crippen LogP) is 2.47. The Kier molecular flexibility index (Phi) is 7.50. The fourth-order valence-electron chi connectivity index (χ4n) is 3.93. The van der Waals surface area contributed by atoms with Crippen LogP contribution in [0.5, 0.6) is 5.75 Å². The molecule has 0 saturated carbocycles. The highest BCUT2D eigenvalue weighted by Gasteiger charge is 2.25. The molecule has 1 atom stereocenters. The van der Waals surface area contributed by atoms with Crippen LogP contribution in [0.1, 0.15) is 35.7 Å². The molecule has 0 unspecified atom stereocenters. The van der Waals surface area contributed by atoms with Crippen molar-refractivity contribution in [3.8, 4) is 5.75 Å². The molecule has 11 heteroatoms. The van der Waals surface area contributed by atoms with Crippen LogP contribution in [0.4, 0.5) is 19.5 Å². The van der Waals surface area contributed by atoms with Crippen LogP contribution in [0.3, 0.4) is 0 Å². The van der Waals surface area contributed by atoms with E-state index in [1.807, 2.05) is 0 Å². The number of hydrogen-bond acceptors (Lipinski definition) is 7. The third-order valence-electron chi connectivity index (χ3n) is 5.78. The van der Waals surface area contributed by atoms with Crippen LogP contribution in [-0.2, 0) is 17.7 Å². The molecular weight excluding hydrogens is 436 g/mol. The monoisotopic (exact) mass is 463 g/mol. The number of ether oxygens (including phenoxy) is 2. The van der Waals surface area contributed by atoms with Gasteiger partial charge in [0.05, 0.1) is 24.9 Å². The number of nitrogens with zero attached hydrogens (tertiary/aromatic N) is 3. The summed E-state index contributed by atoms with van der Waals surface area (Å²) in [5, 5.41) is 15.9.